The summed E-state index contributed by atoms with van der Waals surface area (Å²) < 4.78 is 4.56. The second kappa shape index (κ2) is 10.4. The van der Waals surface area contributed by atoms with Crippen LogP contribution in [0.5, 0.6) is 0 Å². The van der Waals surface area contributed by atoms with E-state index in [4.69, 9.17) is 6.57 Å². The summed E-state index contributed by atoms with van der Waals surface area (Å²) in [6.07, 6.45) is 1.39. The molecule has 5 nitrogen and oxygen atoms in total. The van der Waals surface area contributed by atoms with Crippen molar-refractivity contribution in [2.24, 2.45) is 0 Å². The SMILES string of the molecule is [C-]#[N+]/C(=C\c1ccc(-n2c3ccccc3c3cc(-c4ccc5c(c4)c4ccccc4n5-c4ccccc4)ccc32)cc1)C(=O)O. The second-order valence-electron chi connectivity index (χ2n) is 11.0. The van der Waals surface area contributed by atoms with E-state index in [1.165, 1.54) is 27.9 Å². The zero-order valence-corrected chi connectivity index (χ0v) is 24.1. The van der Waals surface area contributed by atoms with Gasteiger partial charge < -0.3 is 14.2 Å². The third-order valence-electron chi connectivity index (χ3n) is 8.49. The Bertz CT molecular complexity index is 2510. The van der Waals surface area contributed by atoms with Crippen molar-refractivity contribution < 1.29 is 9.90 Å². The van der Waals surface area contributed by atoms with Crippen LogP contribution in [0, 0.1) is 6.57 Å². The summed E-state index contributed by atoms with van der Waals surface area (Å²) in [6, 6.07) is 48.4. The van der Waals surface area contributed by atoms with Gasteiger partial charge in [0.15, 0.2) is 0 Å². The third kappa shape index (κ3) is 4.28. The zero-order chi connectivity index (χ0) is 30.5. The number of rotatable bonds is 5. The molecule has 1 N–H and O–H groups in total. The molecule has 0 fully saturated rings. The molecule has 212 valence electrons. The third-order valence-corrected chi connectivity index (χ3v) is 8.49. The first-order chi connectivity index (χ1) is 22.1. The van der Waals surface area contributed by atoms with Crippen molar-refractivity contribution in [3.63, 3.8) is 0 Å². The van der Waals surface area contributed by atoms with Crippen LogP contribution in [-0.4, -0.2) is 20.2 Å². The van der Waals surface area contributed by atoms with Crippen LogP contribution in [0.25, 0.3) is 77.0 Å². The van der Waals surface area contributed by atoms with Crippen molar-refractivity contribution in [3.05, 3.63) is 162 Å². The number of fused-ring (bicyclic) bond motifs is 6. The van der Waals surface area contributed by atoms with E-state index in [0.717, 1.165) is 44.3 Å². The van der Waals surface area contributed by atoms with Gasteiger partial charge in [0.2, 0.25) is 0 Å². The minimum atomic E-state index is -1.23. The average molecular weight is 580 g/mol. The topological polar surface area (TPSA) is 51.5 Å². The van der Waals surface area contributed by atoms with E-state index < -0.39 is 5.97 Å². The maximum absolute atomic E-state index is 11.3. The van der Waals surface area contributed by atoms with Crippen molar-refractivity contribution >= 4 is 55.7 Å². The normalized spacial score (nSPS) is 11.8. The Morgan fingerprint density at radius 1 is 0.556 bits per heavy atom. The molecule has 5 heteroatoms. The molecule has 0 amide bonds. The molecule has 8 aromatic rings. The molecule has 0 aliphatic rings. The molecule has 0 atom stereocenters. The Morgan fingerprint density at radius 3 is 1.53 bits per heavy atom. The van der Waals surface area contributed by atoms with Crippen LogP contribution in [0.1, 0.15) is 5.56 Å². The number of para-hydroxylation sites is 3. The van der Waals surface area contributed by atoms with Crippen molar-refractivity contribution in [1.82, 2.24) is 9.13 Å². The van der Waals surface area contributed by atoms with E-state index in [1.54, 1.807) is 0 Å². The van der Waals surface area contributed by atoms with Gasteiger partial charge in [0.05, 0.1) is 28.6 Å². The molecule has 45 heavy (non-hydrogen) atoms. The van der Waals surface area contributed by atoms with Crippen LogP contribution >= 0.6 is 0 Å². The van der Waals surface area contributed by atoms with Gasteiger partial charge in [0.25, 0.3) is 5.70 Å². The molecule has 0 saturated carbocycles. The predicted molar refractivity (Wildman–Crippen MR) is 183 cm³/mol. The predicted octanol–water partition coefficient (Wildman–Crippen LogP) is 9.89. The summed E-state index contributed by atoms with van der Waals surface area (Å²) in [6.45, 7) is 7.14. The highest BCUT2D eigenvalue weighted by Gasteiger charge is 2.16. The minimum Gasteiger partial charge on any atom is -0.486 e. The Hall–Kier alpha value is -6.38. The molecule has 0 saturated heterocycles. The van der Waals surface area contributed by atoms with Gasteiger partial charge in [0.1, 0.15) is 0 Å². The van der Waals surface area contributed by atoms with Gasteiger partial charge in [-0.05, 0) is 83.4 Å². The molecular weight excluding hydrogens is 554 g/mol. The fourth-order valence-corrected chi connectivity index (χ4v) is 6.46. The van der Waals surface area contributed by atoms with E-state index >= 15 is 0 Å². The van der Waals surface area contributed by atoms with Crippen molar-refractivity contribution in [3.8, 4) is 22.5 Å². The molecule has 0 bridgehead atoms. The number of carbonyl (C=O) groups is 1. The van der Waals surface area contributed by atoms with E-state index in [2.05, 4.69) is 117 Å². The first-order valence-electron chi connectivity index (χ1n) is 14.7. The minimum absolute atomic E-state index is 0.310. The van der Waals surface area contributed by atoms with Gasteiger partial charge in [-0.15, -0.1) is 0 Å². The molecule has 0 spiro atoms. The first kappa shape index (κ1) is 26.3. The van der Waals surface area contributed by atoms with Crippen LogP contribution in [0.15, 0.2) is 145 Å². The number of hydrogen-bond acceptors (Lipinski definition) is 1. The fourth-order valence-electron chi connectivity index (χ4n) is 6.46. The van der Waals surface area contributed by atoms with Crippen LogP contribution < -0.4 is 0 Å². The molecule has 0 unspecified atom stereocenters. The number of aliphatic carboxylic acids is 1. The van der Waals surface area contributed by atoms with Crippen molar-refractivity contribution in [1.29, 1.82) is 0 Å². The Kier molecular flexibility index (Phi) is 6.07. The lowest BCUT2D eigenvalue weighted by molar-refractivity contribution is -0.132. The van der Waals surface area contributed by atoms with E-state index in [0.29, 0.717) is 5.56 Å². The molecular formula is C40H25N3O2. The van der Waals surface area contributed by atoms with Gasteiger partial charge >= 0.3 is 5.97 Å². The lowest BCUT2D eigenvalue weighted by atomic mass is 10.0. The highest BCUT2D eigenvalue weighted by atomic mass is 16.4. The maximum Gasteiger partial charge on any atom is 0.333 e. The van der Waals surface area contributed by atoms with Gasteiger partial charge in [-0.1, -0.05) is 78.9 Å². The van der Waals surface area contributed by atoms with Gasteiger partial charge in [-0.2, -0.15) is 0 Å². The maximum atomic E-state index is 11.3. The van der Waals surface area contributed by atoms with Crippen molar-refractivity contribution in [2.75, 3.05) is 0 Å². The smallest absolute Gasteiger partial charge is 0.333 e. The zero-order valence-electron chi connectivity index (χ0n) is 24.1. The molecule has 0 radical (unpaired) electrons. The Balaban J connectivity index is 1.27. The number of hydrogen-bond donors (Lipinski definition) is 1. The summed E-state index contributed by atoms with van der Waals surface area (Å²) in [5, 5.41) is 14.0. The number of carboxylic acids is 1. The second-order valence-corrected chi connectivity index (χ2v) is 11.0. The monoisotopic (exact) mass is 579 g/mol. The highest BCUT2D eigenvalue weighted by Crippen LogP contribution is 2.38. The highest BCUT2D eigenvalue weighted by molar-refractivity contribution is 6.12. The largest absolute Gasteiger partial charge is 0.486 e. The van der Waals surface area contributed by atoms with Crippen LogP contribution in [0.3, 0.4) is 0 Å². The lowest BCUT2D eigenvalue weighted by Crippen LogP contribution is -1.96. The standard InChI is InChI=1S/C40H25N3O2/c1-41-35(40(44)45)23-26-15-19-30(20-16-26)43-37-14-8-6-12-32(37)34-25-28(18-22-39(34)43)27-17-21-38-33(24-27)31-11-5-7-13-36(31)42(38)29-9-3-2-4-10-29/h2-25H,(H,44,45)/b35-23-. The molecule has 6 aromatic carbocycles. The lowest BCUT2D eigenvalue weighted by Gasteiger charge is -2.10. The number of carboxylic acid groups (broad SMARTS) is 1. The number of benzene rings is 6. The fraction of sp³-hybridized carbons (Fsp3) is 0. The summed E-state index contributed by atoms with van der Waals surface area (Å²) in [5.41, 5.74) is 9.28. The summed E-state index contributed by atoms with van der Waals surface area (Å²) in [4.78, 5) is 14.4. The van der Waals surface area contributed by atoms with Gasteiger partial charge in [-0.3, -0.25) is 4.79 Å². The quantitative estimate of drug-likeness (QED) is 0.163. The molecule has 8 rings (SSSR count). The summed E-state index contributed by atoms with van der Waals surface area (Å²) in [5.74, 6) is -1.23. The van der Waals surface area contributed by atoms with E-state index in [-0.39, 0.29) is 5.70 Å². The van der Waals surface area contributed by atoms with Gasteiger partial charge in [-0.25, -0.2) is 4.85 Å². The van der Waals surface area contributed by atoms with E-state index in [1.807, 2.05) is 36.4 Å². The molecule has 0 aliphatic carbocycles. The summed E-state index contributed by atoms with van der Waals surface area (Å²) >= 11 is 0. The molecule has 2 aromatic heterocycles. The first-order valence-corrected chi connectivity index (χ1v) is 14.7. The summed E-state index contributed by atoms with van der Waals surface area (Å²) in [7, 11) is 0. The number of aromatic nitrogens is 2. The van der Waals surface area contributed by atoms with Crippen LogP contribution in [-0.2, 0) is 4.79 Å². The van der Waals surface area contributed by atoms with Crippen LogP contribution in [0.4, 0.5) is 0 Å². The number of nitrogens with zero attached hydrogens (tertiary/aromatic N) is 3. The van der Waals surface area contributed by atoms with Gasteiger partial charge in [0, 0.05) is 32.9 Å². The molecule has 2 heterocycles. The average Bonchev–Trinajstić information content (AvgIpc) is 3.60. The Labute approximate surface area is 258 Å². The van der Waals surface area contributed by atoms with Crippen molar-refractivity contribution in [2.45, 2.75) is 0 Å². The van der Waals surface area contributed by atoms with E-state index in [9.17, 15) is 9.90 Å². The molecule has 0 aliphatic heterocycles. The van der Waals surface area contributed by atoms with Crippen LogP contribution in [0.2, 0.25) is 0 Å². The Morgan fingerprint density at radius 2 is 1.02 bits per heavy atom.